The third kappa shape index (κ3) is 6.53. The molecule has 1 rings (SSSR count). The first kappa shape index (κ1) is 19.9. The standard InChI is InChI=1S/C15H23N3O5S/c1-9(19)21-7-10(11-8-24-13(16)17-11)18-23-15(5,6)12(20)22-14(2,3)4/h8H,7H2,1-6H3,(H2,16,17). The lowest BCUT2D eigenvalue weighted by Gasteiger charge is -2.26. The fraction of sp³-hybridized carbons (Fsp3) is 0.600. The number of nitrogen functional groups attached to an aromatic ring is 1. The van der Waals surface area contributed by atoms with Crippen LogP contribution in [0.3, 0.4) is 0 Å². The Labute approximate surface area is 145 Å². The van der Waals surface area contributed by atoms with Gasteiger partial charge < -0.3 is 20.0 Å². The van der Waals surface area contributed by atoms with Gasteiger partial charge in [-0.1, -0.05) is 5.16 Å². The molecular weight excluding hydrogens is 334 g/mol. The average Bonchev–Trinajstić information content (AvgIpc) is 2.83. The Hall–Kier alpha value is -2.16. The highest BCUT2D eigenvalue weighted by molar-refractivity contribution is 7.13. The molecule has 0 bridgehead atoms. The second kappa shape index (κ2) is 7.61. The molecule has 0 amide bonds. The topological polar surface area (TPSA) is 113 Å². The molecule has 0 unspecified atom stereocenters. The Bertz CT molecular complexity index is 631. The number of carbonyl (C=O) groups is 2. The number of nitrogens with zero attached hydrogens (tertiary/aromatic N) is 2. The Morgan fingerprint density at radius 1 is 1.29 bits per heavy atom. The van der Waals surface area contributed by atoms with Crippen LogP contribution in [0.2, 0.25) is 0 Å². The van der Waals surface area contributed by atoms with Crippen LogP contribution in [0.4, 0.5) is 5.13 Å². The SMILES string of the molecule is CC(=O)OCC(=NOC(C)(C)C(=O)OC(C)(C)C)c1csc(N)n1. The van der Waals surface area contributed by atoms with E-state index in [1.54, 1.807) is 26.2 Å². The first-order valence-electron chi connectivity index (χ1n) is 7.24. The maximum absolute atomic E-state index is 12.2. The molecule has 0 saturated carbocycles. The summed E-state index contributed by atoms with van der Waals surface area (Å²) in [6, 6.07) is 0. The smallest absolute Gasteiger partial charge is 0.353 e. The molecule has 0 aromatic carbocycles. The number of carbonyl (C=O) groups excluding carboxylic acids is 2. The van der Waals surface area contributed by atoms with Crippen LogP contribution >= 0.6 is 11.3 Å². The van der Waals surface area contributed by atoms with Crippen molar-refractivity contribution in [3.63, 3.8) is 0 Å². The molecule has 24 heavy (non-hydrogen) atoms. The molecule has 0 aliphatic rings. The molecule has 0 radical (unpaired) electrons. The summed E-state index contributed by atoms with van der Waals surface area (Å²) in [6.07, 6.45) is 0. The fourth-order valence-corrected chi connectivity index (χ4v) is 1.92. The van der Waals surface area contributed by atoms with Crippen molar-refractivity contribution in [1.29, 1.82) is 0 Å². The zero-order valence-corrected chi connectivity index (χ0v) is 15.5. The molecule has 0 aliphatic carbocycles. The first-order valence-corrected chi connectivity index (χ1v) is 8.12. The predicted octanol–water partition coefficient (Wildman–Crippen LogP) is 2.13. The third-order valence-electron chi connectivity index (χ3n) is 2.50. The number of oxime groups is 1. The summed E-state index contributed by atoms with van der Waals surface area (Å²) in [5.74, 6) is -1.04. The van der Waals surface area contributed by atoms with E-state index in [9.17, 15) is 9.59 Å². The van der Waals surface area contributed by atoms with Gasteiger partial charge in [-0.3, -0.25) is 4.79 Å². The highest BCUT2D eigenvalue weighted by atomic mass is 32.1. The highest BCUT2D eigenvalue weighted by Gasteiger charge is 2.35. The number of thiazole rings is 1. The van der Waals surface area contributed by atoms with Crippen LogP contribution in [0.1, 0.15) is 47.2 Å². The molecule has 0 saturated heterocycles. The number of anilines is 1. The third-order valence-corrected chi connectivity index (χ3v) is 3.18. The van der Waals surface area contributed by atoms with Gasteiger partial charge in [-0.05, 0) is 34.6 Å². The minimum Gasteiger partial charge on any atom is -0.459 e. The number of hydrogen-bond donors (Lipinski definition) is 1. The van der Waals surface area contributed by atoms with Crippen LogP contribution in [-0.4, -0.2) is 40.4 Å². The molecule has 9 heteroatoms. The molecule has 1 heterocycles. The number of aromatic nitrogens is 1. The summed E-state index contributed by atoms with van der Waals surface area (Å²) in [5, 5.41) is 5.92. The van der Waals surface area contributed by atoms with Gasteiger partial charge in [-0.15, -0.1) is 11.3 Å². The van der Waals surface area contributed by atoms with Gasteiger partial charge in [0.1, 0.15) is 23.6 Å². The van der Waals surface area contributed by atoms with Gasteiger partial charge in [0.25, 0.3) is 0 Å². The maximum atomic E-state index is 12.2. The van der Waals surface area contributed by atoms with E-state index < -0.39 is 23.1 Å². The lowest BCUT2D eigenvalue weighted by Crippen LogP contribution is -2.40. The molecule has 1 aromatic heterocycles. The van der Waals surface area contributed by atoms with E-state index in [2.05, 4.69) is 10.1 Å². The Balaban J connectivity index is 2.93. The zero-order chi connectivity index (χ0) is 18.5. The van der Waals surface area contributed by atoms with Crippen LogP contribution in [0.25, 0.3) is 0 Å². The van der Waals surface area contributed by atoms with Crippen molar-refractivity contribution < 1.29 is 23.9 Å². The Kier molecular flexibility index (Phi) is 6.30. The summed E-state index contributed by atoms with van der Waals surface area (Å²) in [5.41, 5.74) is 4.29. The van der Waals surface area contributed by atoms with E-state index in [0.29, 0.717) is 10.8 Å². The quantitative estimate of drug-likeness (QED) is 0.471. The van der Waals surface area contributed by atoms with Crippen molar-refractivity contribution in [2.24, 2.45) is 5.16 Å². The van der Waals surface area contributed by atoms with E-state index >= 15 is 0 Å². The maximum Gasteiger partial charge on any atom is 0.353 e. The molecule has 8 nitrogen and oxygen atoms in total. The minimum absolute atomic E-state index is 0.150. The van der Waals surface area contributed by atoms with Crippen molar-refractivity contribution >= 4 is 34.1 Å². The van der Waals surface area contributed by atoms with Crippen LogP contribution in [0.5, 0.6) is 0 Å². The second-order valence-corrected chi connectivity index (χ2v) is 7.38. The van der Waals surface area contributed by atoms with Gasteiger partial charge in [-0.2, -0.15) is 0 Å². The van der Waals surface area contributed by atoms with Crippen molar-refractivity contribution in [1.82, 2.24) is 4.98 Å². The molecule has 134 valence electrons. The van der Waals surface area contributed by atoms with Crippen LogP contribution < -0.4 is 5.73 Å². The lowest BCUT2D eigenvalue weighted by molar-refractivity contribution is -0.179. The summed E-state index contributed by atoms with van der Waals surface area (Å²) < 4.78 is 10.2. The van der Waals surface area contributed by atoms with Gasteiger partial charge in [0.2, 0.25) is 5.60 Å². The largest absolute Gasteiger partial charge is 0.459 e. The summed E-state index contributed by atoms with van der Waals surface area (Å²) >= 11 is 1.21. The molecule has 1 aromatic rings. The summed E-state index contributed by atoms with van der Waals surface area (Å²) in [6.45, 7) is 9.46. The first-order chi connectivity index (χ1) is 10.9. The monoisotopic (exact) mass is 357 g/mol. The van der Waals surface area contributed by atoms with Crippen LogP contribution in [0.15, 0.2) is 10.5 Å². The van der Waals surface area contributed by atoms with Crippen molar-refractivity contribution in [2.45, 2.75) is 52.7 Å². The van der Waals surface area contributed by atoms with Gasteiger partial charge in [0.05, 0.1) is 0 Å². The average molecular weight is 357 g/mol. The summed E-state index contributed by atoms with van der Waals surface area (Å²) in [4.78, 5) is 32.6. The van der Waals surface area contributed by atoms with Crippen molar-refractivity contribution in [3.8, 4) is 0 Å². The van der Waals surface area contributed by atoms with E-state index in [4.69, 9.17) is 20.0 Å². The van der Waals surface area contributed by atoms with E-state index in [1.807, 2.05) is 0 Å². The zero-order valence-electron chi connectivity index (χ0n) is 14.7. The number of esters is 2. The Morgan fingerprint density at radius 3 is 2.38 bits per heavy atom. The van der Waals surface area contributed by atoms with Crippen molar-refractivity contribution in [2.75, 3.05) is 12.3 Å². The van der Waals surface area contributed by atoms with Crippen LogP contribution in [0, 0.1) is 0 Å². The fourth-order valence-electron chi connectivity index (χ4n) is 1.34. The number of ether oxygens (including phenoxy) is 2. The molecular formula is C15H23N3O5S. The Morgan fingerprint density at radius 2 is 1.92 bits per heavy atom. The normalized spacial score (nSPS) is 12.7. The molecule has 0 atom stereocenters. The minimum atomic E-state index is -1.32. The van der Waals surface area contributed by atoms with Gasteiger partial charge in [0, 0.05) is 12.3 Å². The summed E-state index contributed by atoms with van der Waals surface area (Å²) in [7, 11) is 0. The molecule has 2 N–H and O–H groups in total. The van der Waals surface area contributed by atoms with Crippen LogP contribution in [-0.2, 0) is 23.9 Å². The number of nitrogens with two attached hydrogens (primary N) is 1. The van der Waals surface area contributed by atoms with E-state index in [1.165, 1.54) is 32.1 Å². The van der Waals surface area contributed by atoms with E-state index in [-0.39, 0.29) is 12.3 Å². The van der Waals surface area contributed by atoms with Gasteiger partial charge >= 0.3 is 11.9 Å². The van der Waals surface area contributed by atoms with Gasteiger partial charge in [0.15, 0.2) is 5.13 Å². The molecule has 0 aliphatic heterocycles. The van der Waals surface area contributed by atoms with E-state index in [0.717, 1.165) is 0 Å². The molecule has 0 spiro atoms. The second-order valence-electron chi connectivity index (χ2n) is 6.49. The van der Waals surface area contributed by atoms with Crippen molar-refractivity contribution in [3.05, 3.63) is 11.1 Å². The van der Waals surface area contributed by atoms with Gasteiger partial charge in [-0.25, -0.2) is 9.78 Å². The lowest BCUT2D eigenvalue weighted by atomic mass is 10.1. The highest BCUT2D eigenvalue weighted by Crippen LogP contribution is 2.19. The number of rotatable bonds is 6. The predicted molar refractivity (Wildman–Crippen MR) is 90.7 cm³/mol. The number of hydrogen-bond acceptors (Lipinski definition) is 9. The molecule has 0 fully saturated rings.